The van der Waals surface area contributed by atoms with Gasteiger partial charge < -0.3 is 5.32 Å². The molecule has 5 heteroatoms. The second-order valence-electron chi connectivity index (χ2n) is 3.37. The third-order valence-corrected chi connectivity index (χ3v) is 2.84. The number of benzene rings is 1. The molecule has 0 radical (unpaired) electrons. The topological polar surface area (TPSA) is 55.2 Å². The molecule has 1 rings (SSSR count). The Morgan fingerprint density at radius 3 is 2.80 bits per heavy atom. The van der Waals surface area contributed by atoms with Crippen molar-refractivity contribution in [1.82, 2.24) is 0 Å². The Labute approximate surface area is 102 Å². The summed E-state index contributed by atoms with van der Waals surface area (Å²) in [7, 11) is 0. The van der Waals surface area contributed by atoms with Gasteiger partial charge in [0, 0.05) is 15.7 Å². The number of nitro groups is 1. The highest BCUT2D eigenvalue weighted by Gasteiger charge is 2.14. The summed E-state index contributed by atoms with van der Waals surface area (Å²) in [6, 6.07) is 5.43. The summed E-state index contributed by atoms with van der Waals surface area (Å²) in [6.07, 6.45) is 0.934. The van der Waals surface area contributed by atoms with Crippen molar-refractivity contribution in [2.75, 3.05) is 5.32 Å². The number of anilines is 1. The van der Waals surface area contributed by atoms with Crippen molar-refractivity contribution in [3.8, 4) is 0 Å². The van der Waals surface area contributed by atoms with Crippen LogP contribution < -0.4 is 5.32 Å². The van der Waals surface area contributed by atoms with Crippen LogP contribution in [0.1, 0.15) is 20.3 Å². The lowest BCUT2D eigenvalue weighted by Gasteiger charge is -2.12. The van der Waals surface area contributed by atoms with Crippen LogP contribution in [0.3, 0.4) is 0 Å². The van der Waals surface area contributed by atoms with E-state index in [1.807, 2.05) is 19.9 Å². The van der Waals surface area contributed by atoms with Gasteiger partial charge in [-0.05, 0) is 48.1 Å². The van der Waals surface area contributed by atoms with Gasteiger partial charge in [-0.25, -0.2) is 0 Å². The maximum atomic E-state index is 10.8. The van der Waals surface area contributed by atoms with Crippen molar-refractivity contribution in [1.29, 1.82) is 0 Å². The maximum absolute atomic E-state index is 10.8. The molecule has 0 aliphatic heterocycles. The summed E-state index contributed by atoms with van der Waals surface area (Å²) >= 11 is 2.07. The van der Waals surface area contributed by atoms with Gasteiger partial charge >= 0.3 is 0 Å². The molecule has 0 heterocycles. The lowest BCUT2D eigenvalue weighted by molar-refractivity contribution is -0.384. The SMILES string of the molecule is CCC(C)Nc1ccc(I)cc1[N+](=O)[O-]. The highest BCUT2D eigenvalue weighted by atomic mass is 127. The van der Waals surface area contributed by atoms with Crippen LogP contribution in [0.5, 0.6) is 0 Å². The first kappa shape index (κ1) is 12.2. The lowest BCUT2D eigenvalue weighted by atomic mass is 10.2. The van der Waals surface area contributed by atoms with Gasteiger partial charge in [0.25, 0.3) is 5.69 Å². The lowest BCUT2D eigenvalue weighted by Crippen LogP contribution is -2.14. The van der Waals surface area contributed by atoms with Gasteiger partial charge in [-0.15, -0.1) is 0 Å². The first-order valence-corrected chi connectivity index (χ1v) is 5.83. The van der Waals surface area contributed by atoms with Gasteiger partial charge in [0.15, 0.2) is 0 Å². The third-order valence-electron chi connectivity index (χ3n) is 2.17. The molecule has 0 saturated carbocycles. The monoisotopic (exact) mass is 320 g/mol. The van der Waals surface area contributed by atoms with E-state index in [1.165, 1.54) is 0 Å². The van der Waals surface area contributed by atoms with Gasteiger partial charge in [-0.2, -0.15) is 0 Å². The number of nitrogens with one attached hydrogen (secondary N) is 1. The highest BCUT2D eigenvalue weighted by Crippen LogP contribution is 2.27. The Hall–Kier alpha value is -0.850. The second kappa shape index (κ2) is 5.29. The van der Waals surface area contributed by atoms with E-state index in [4.69, 9.17) is 0 Å². The Morgan fingerprint density at radius 1 is 1.60 bits per heavy atom. The molecule has 0 bridgehead atoms. The average molecular weight is 320 g/mol. The Kier molecular flexibility index (Phi) is 4.31. The third kappa shape index (κ3) is 3.33. The molecule has 1 aromatic rings. The average Bonchev–Trinajstić information content (AvgIpc) is 2.20. The number of hydrogen-bond acceptors (Lipinski definition) is 3. The molecule has 1 N–H and O–H groups in total. The maximum Gasteiger partial charge on any atom is 0.293 e. The standard InChI is InChI=1S/C10H13IN2O2/c1-3-7(2)12-9-5-4-8(11)6-10(9)13(14)15/h4-7,12H,3H2,1-2H3. The fraction of sp³-hybridized carbons (Fsp3) is 0.400. The van der Waals surface area contributed by atoms with Crippen LogP contribution in [0.25, 0.3) is 0 Å². The van der Waals surface area contributed by atoms with E-state index >= 15 is 0 Å². The smallest absolute Gasteiger partial charge is 0.293 e. The van der Waals surface area contributed by atoms with Crippen LogP contribution >= 0.6 is 22.6 Å². The molecule has 1 atom stereocenters. The summed E-state index contributed by atoms with van der Waals surface area (Å²) in [5, 5.41) is 13.9. The van der Waals surface area contributed by atoms with E-state index in [9.17, 15) is 10.1 Å². The van der Waals surface area contributed by atoms with Crippen LogP contribution in [0.4, 0.5) is 11.4 Å². The van der Waals surface area contributed by atoms with Crippen molar-refractivity contribution in [3.63, 3.8) is 0 Å². The minimum atomic E-state index is -0.354. The highest BCUT2D eigenvalue weighted by molar-refractivity contribution is 14.1. The number of halogens is 1. The summed E-state index contributed by atoms with van der Waals surface area (Å²) < 4.78 is 0.869. The van der Waals surface area contributed by atoms with E-state index in [1.54, 1.807) is 12.1 Å². The molecular formula is C10H13IN2O2. The first-order valence-electron chi connectivity index (χ1n) is 4.75. The molecule has 1 aromatic carbocycles. The first-order chi connectivity index (χ1) is 7.04. The van der Waals surface area contributed by atoms with Crippen molar-refractivity contribution in [2.45, 2.75) is 26.3 Å². The molecule has 0 aliphatic rings. The Morgan fingerprint density at radius 2 is 2.27 bits per heavy atom. The molecule has 0 spiro atoms. The normalized spacial score (nSPS) is 12.2. The molecular weight excluding hydrogens is 307 g/mol. The van der Waals surface area contributed by atoms with Gasteiger partial charge in [0.05, 0.1) is 4.92 Å². The minimum absolute atomic E-state index is 0.141. The van der Waals surface area contributed by atoms with Crippen LogP contribution in [-0.4, -0.2) is 11.0 Å². The van der Waals surface area contributed by atoms with Crippen LogP contribution in [0, 0.1) is 13.7 Å². The molecule has 0 aromatic heterocycles. The fourth-order valence-electron chi connectivity index (χ4n) is 1.15. The molecule has 1 unspecified atom stereocenters. The zero-order valence-electron chi connectivity index (χ0n) is 8.66. The van der Waals surface area contributed by atoms with Crippen LogP contribution in [-0.2, 0) is 0 Å². The number of nitrogens with zero attached hydrogens (tertiary/aromatic N) is 1. The molecule has 0 aliphatic carbocycles. The van der Waals surface area contributed by atoms with Crippen molar-refractivity contribution in [3.05, 3.63) is 31.9 Å². The minimum Gasteiger partial charge on any atom is -0.377 e. The Balaban J connectivity index is 3.01. The summed E-state index contributed by atoms with van der Waals surface area (Å²) in [5.41, 5.74) is 0.733. The number of nitro benzene ring substituents is 1. The molecule has 15 heavy (non-hydrogen) atoms. The Bertz CT molecular complexity index is 368. The summed E-state index contributed by atoms with van der Waals surface area (Å²) in [6.45, 7) is 4.04. The van der Waals surface area contributed by atoms with Gasteiger partial charge in [0.2, 0.25) is 0 Å². The van der Waals surface area contributed by atoms with Crippen molar-refractivity contribution >= 4 is 34.0 Å². The number of rotatable bonds is 4. The fourth-order valence-corrected chi connectivity index (χ4v) is 1.62. The van der Waals surface area contributed by atoms with E-state index in [2.05, 4.69) is 27.9 Å². The van der Waals surface area contributed by atoms with E-state index < -0.39 is 0 Å². The van der Waals surface area contributed by atoms with Crippen molar-refractivity contribution in [2.24, 2.45) is 0 Å². The quantitative estimate of drug-likeness (QED) is 0.525. The second-order valence-corrected chi connectivity index (χ2v) is 4.62. The predicted octanol–water partition coefficient (Wildman–Crippen LogP) is 3.41. The van der Waals surface area contributed by atoms with Crippen LogP contribution in [0.2, 0.25) is 0 Å². The van der Waals surface area contributed by atoms with Gasteiger partial charge in [-0.3, -0.25) is 10.1 Å². The zero-order valence-corrected chi connectivity index (χ0v) is 10.8. The van der Waals surface area contributed by atoms with Crippen LogP contribution in [0.15, 0.2) is 18.2 Å². The molecule has 0 fully saturated rings. The van der Waals surface area contributed by atoms with Gasteiger partial charge in [-0.1, -0.05) is 6.92 Å². The van der Waals surface area contributed by atoms with E-state index in [0.29, 0.717) is 5.69 Å². The molecule has 0 amide bonds. The summed E-state index contributed by atoms with van der Waals surface area (Å²) in [4.78, 5) is 10.5. The zero-order chi connectivity index (χ0) is 11.4. The molecule has 0 saturated heterocycles. The largest absolute Gasteiger partial charge is 0.377 e. The molecule has 82 valence electrons. The molecule has 4 nitrogen and oxygen atoms in total. The number of hydrogen-bond donors (Lipinski definition) is 1. The predicted molar refractivity (Wildman–Crippen MR) is 69.2 cm³/mol. The van der Waals surface area contributed by atoms with E-state index in [0.717, 1.165) is 9.99 Å². The van der Waals surface area contributed by atoms with Crippen molar-refractivity contribution < 1.29 is 4.92 Å². The summed E-state index contributed by atoms with van der Waals surface area (Å²) in [5.74, 6) is 0. The van der Waals surface area contributed by atoms with E-state index in [-0.39, 0.29) is 16.7 Å². The van der Waals surface area contributed by atoms with Gasteiger partial charge in [0.1, 0.15) is 5.69 Å².